The van der Waals surface area contributed by atoms with Gasteiger partial charge >= 0.3 is 0 Å². The molecule has 0 bridgehead atoms. The Bertz CT molecular complexity index is 1130. The third-order valence-corrected chi connectivity index (χ3v) is 6.25. The van der Waals surface area contributed by atoms with E-state index in [2.05, 4.69) is 35.7 Å². The molecule has 0 aliphatic heterocycles. The molecule has 3 rings (SSSR count). The molecule has 0 fully saturated rings. The fraction of sp³-hybridized carbons (Fsp3) is 0.208. The van der Waals surface area contributed by atoms with E-state index in [0.717, 1.165) is 12.2 Å². The standard InChI is InChI=1S/C24H27N3O3S/c1-4-27(18(2)3)22-15-13-19(14-16-22)24(28)25-20-9-8-10-21(17-20)26-31(29,30)23-11-6-5-7-12-23/h5-18,26H,4H2,1-3H3,(H,25,28). The van der Waals surface area contributed by atoms with Crippen LogP contribution in [0.5, 0.6) is 0 Å². The van der Waals surface area contributed by atoms with Gasteiger partial charge in [0.25, 0.3) is 15.9 Å². The van der Waals surface area contributed by atoms with Gasteiger partial charge in [-0.2, -0.15) is 0 Å². The summed E-state index contributed by atoms with van der Waals surface area (Å²) in [4.78, 5) is 15.1. The van der Waals surface area contributed by atoms with Crippen molar-refractivity contribution in [2.75, 3.05) is 21.5 Å². The van der Waals surface area contributed by atoms with Crippen LogP contribution in [0.15, 0.2) is 83.8 Å². The molecule has 0 saturated carbocycles. The van der Waals surface area contributed by atoms with Crippen LogP contribution in [0.25, 0.3) is 0 Å². The molecule has 0 aromatic heterocycles. The molecule has 0 unspecified atom stereocenters. The highest BCUT2D eigenvalue weighted by atomic mass is 32.2. The van der Waals surface area contributed by atoms with Crippen LogP contribution in [-0.2, 0) is 10.0 Å². The molecule has 7 heteroatoms. The Morgan fingerprint density at radius 3 is 2.16 bits per heavy atom. The number of amides is 1. The van der Waals surface area contributed by atoms with E-state index in [1.54, 1.807) is 54.6 Å². The van der Waals surface area contributed by atoms with Gasteiger partial charge in [0.05, 0.1) is 10.6 Å². The van der Waals surface area contributed by atoms with Crippen molar-refractivity contribution in [2.45, 2.75) is 31.7 Å². The second kappa shape index (κ2) is 9.66. The Morgan fingerprint density at radius 1 is 0.903 bits per heavy atom. The molecule has 0 heterocycles. The lowest BCUT2D eigenvalue weighted by Crippen LogP contribution is -2.30. The average molecular weight is 438 g/mol. The maximum Gasteiger partial charge on any atom is 0.261 e. The quantitative estimate of drug-likeness (QED) is 0.521. The molecule has 0 aliphatic carbocycles. The molecule has 0 aliphatic rings. The maximum atomic E-state index is 12.7. The first-order valence-corrected chi connectivity index (χ1v) is 11.6. The first-order valence-electron chi connectivity index (χ1n) is 10.2. The van der Waals surface area contributed by atoms with Crippen LogP contribution in [0.3, 0.4) is 0 Å². The lowest BCUT2D eigenvalue weighted by Gasteiger charge is -2.27. The summed E-state index contributed by atoms with van der Waals surface area (Å²) in [5.41, 5.74) is 2.46. The van der Waals surface area contributed by atoms with E-state index in [-0.39, 0.29) is 10.8 Å². The summed E-state index contributed by atoms with van der Waals surface area (Å²) < 4.78 is 27.6. The zero-order chi connectivity index (χ0) is 22.4. The number of benzene rings is 3. The van der Waals surface area contributed by atoms with Gasteiger partial charge in [-0.15, -0.1) is 0 Å². The van der Waals surface area contributed by atoms with Crippen LogP contribution >= 0.6 is 0 Å². The average Bonchev–Trinajstić information content (AvgIpc) is 2.75. The van der Waals surface area contributed by atoms with Crippen molar-refractivity contribution in [1.29, 1.82) is 0 Å². The highest BCUT2D eigenvalue weighted by Gasteiger charge is 2.14. The lowest BCUT2D eigenvalue weighted by molar-refractivity contribution is 0.102. The maximum absolute atomic E-state index is 12.7. The minimum atomic E-state index is -3.70. The van der Waals surface area contributed by atoms with Crippen molar-refractivity contribution in [1.82, 2.24) is 0 Å². The molecule has 31 heavy (non-hydrogen) atoms. The number of hydrogen-bond acceptors (Lipinski definition) is 4. The monoisotopic (exact) mass is 437 g/mol. The molecule has 1 amide bonds. The van der Waals surface area contributed by atoms with Crippen molar-refractivity contribution in [2.24, 2.45) is 0 Å². The molecule has 0 saturated heterocycles. The van der Waals surface area contributed by atoms with Crippen molar-refractivity contribution in [3.8, 4) is 0 Å². The fourth-order valence-electron chi connectivity index (χ4n) is 3.33. The number of carbonyl (C=O) groups excluding carboxylic acids is 1. The normalized spacial score (nSPS) is 11.2. The van der Waals surface area contributed by atoms with Crippen LogP contribution in [-0.4, -0.2) is 26.9 Å². The van der Waals surface area contributed by atoms with Crippen LogP contribution in [0.4, 0.5) is 17.1 Å². The number of nitrogens with zero attached hydrogens (tertiary/aromatic N) is 1. The first kappa shape index (κ1) is 22.4. The number of anilines is 3. The minimum absolute atomic E-state index is 0.173. The molecule has 0 atom stereocenters. The van der Waals surface area contributed by atoms with E-state index in [4.69, 9.17) is 0 Å². The van der Waals surface area contributed by atoms with Crippen molar-refractivity contribution < 1.29 is 13.2 Å². The molecule has 162 valence electrons. The van der Waals surface area contributed by atoms with Gasteiger partial charge in [-0.1, -0.05) is 24.3 Å². The highest BCUT2D eigenvalue weighted by Crippen LogP contribution is 2.21. The van der Waals surface area contributed by atoms with E-state index in [9.17, 15) is 13.2 Å². The van der Waals surface area contributed by atoms with Gasteiger partial charge < -0.3 is 10.2 Å². The van der Waals surface area contributed by atoms with E-state index < -0.39 is 10.0 Å². The summed E-state index contributed by atoms with van der Waals surface area (Å²) in [7, 11) is -3.70. The molecular weight excluding hydrogens is 410 g/mol. The summed E-state index contributed by atoms with van der Waals surface area (Å²) >= 11 is 0. The molecule has 3 aromatic rings. The van der Waals surface area contributed by atoms with Crippen molar-refractivity contribution in [3.63, 3.8) is 0 Å². The number of sulfonamides is 1. The highest BCUT2D eigenvalue weighted by molar-refractivity contribution is 7.92. The van der Waals surface area contributed by atoms with Gasteiger partial charge in [0.1, 0.15) is 0 Å². The summed E-state index contributed by atoms with van der Waals surface area (Å²) in [5, 5.41) is 2.82. The van der Waals surface area contributed by atoms with Crippen LogP contribution in [0, 0.1) is 0 Å². The predicted octanol–water partition coefficient (Wildman–Crippen LogP) is 4.97. The minimum Gasteiger partial charge on any atom is -0.369 e. The molecule has 6 nitrogen and oxygen atoms in total. The number of rotatable bonds is 8. The third kappa shape index (κ3) is 5.64. The SMILES string of the molecule is CCN(c1ccc(C(=O)Nc2cccc(NS(=O)(=O)c3ccccc3)c2)cc1)C(C)C. The molecule has 0 spiro atoms. The van der Waals surface area contributed by atoms with E-state index in [0.29, 0.717) is 23.0 Å². The molecule has 0 radical (unpaired) electrons. The molecule has 2 N–H and O–H groups in total. The smallest absolute Gasteiger partial charge is 0.261 e. The van der Waals surface area contributed by atoms with E-state index >= 15 is 0 Å². The van der Waals surface area contributed by atoms with Gasteiger partial charge in [-0.05, 0) is 75.4 Å². The van der Waals surface area contributed by atoms with Gasteiger partial charge in [-0.25, -0.2) is 8.42 Å². The topological polar surface area (TPSA) is 78.5 Å². The summed E-state index contributed by atoms with van der Waals surface area (Å²) in [6.45, 7) is 7.24. The van der Waals surface area contributed by atoms with E-state index in [1.807, 2.05) is 12.1 Å². The molecular formula is C24H27N3O3S. The Hall–Kier alpha value is -3.32. The second-order valence-electron chi connectivity index (χ2n) is 7.38. The summed E-state index contributed by atoms with van der Waals surface area (Å²) in [6, 6.07) is 22.6. The lowest BCUT2D eigenvalue weighted by atomic mass is 10.1. The largest absolute Gasteiger partial charge is 0.369 e. The Kier molecular flexibility index (Phi) is 6.97. The Morgan fingerprint density at radius 2 is 1.55 bits per heavy atom. The predicted molar refractivity (Wildman–Crippen MR) is 126 cm³/mol. The van der Waals surface area contributed by atoms with Crippen molar-refractivity contribution >= 4 is 33.0 Å². The number of nitrogens with one attached hydrogen (secondary N) is 2. The summed E-state index contributed by atoms with van der Waals surface area (Å²) in [5.74, 6) is -0.262. The number of carbonyl (C=O) groups is 1. The van der Waals surface area contributed by atoms with Crippen LogP contribution < -0.4 is 14.9 Å². The van der Waals surface area contributed by atoms with Gasteiger partial charge in [0.15, 0.2) is 0 Å². The zero-order valence-electron chi connectivity index (χ0n) is 17.9. The Balaban J connectivity index is 1.71. The second-order valence-corrected chi connectivity index (χ2v) is 9.06. The third-order valence-electron chi connectivity index (χ3n) is 4.85. The Labute approximate surface area is 184 Å². The zero-order valence-corrected chi connectivity index (χ0v) is 18.7. The van der Waals surface area contributed by atoms with Gasteiger partial charge in [-0.3, -0.25) is 9.52 Å². The first-order chi connectivity index (χ1) is 14.8. The van der Waals surface area contributed by atoms with Gasteiger partial charge in [0, 0.05) is 29.5 Å². The number of hydrogen-bond donors (Lipinski definition) is 2. The fourth-order valence-corrected chi connectivity index (χ4v) is 4.40. The molecule has 3 aromatic carbocycles. The van der Waals surface area contributed by atoms with Crippen LogP contribution in [0.2, 0.25) is 0 Å². The van der Waals surface area contributed by atoms with Crippen molar-refractivity contribution in [3.05, 3.63) is 84.4 Å². The van der Waals surface area contributed by atoms with E-state index in [1.165, 1.54) is 12.1 Å². The van der Waals surface area contributed by atoms with Crippen LogP contribution in [0.1, 0.15) is 31.1 Å². The summed E-state index contributed by atoms with van der Waals surface area (Å²) in [6.07, 6.45) is 0. The van der Waals surface area contributed by atoms with Gasteiger partial charge in [0.2, 0.25) is 0 Å².